The highest BCUT2D eigenvalue weighted by Crippen LogP contribution is 2.38. The maximum atomic E-state index is 11.0. The van der Waals surface area contributed by atoms with Gasteiger partial charge in [-0.15, -0.1) is 11.3 Å². The van der Waals surface area contributed by atoms with Gasteiger partial charge < -0.3 is 9.84 Å². The van der Waals surface area contributed by atoms with Crippen LogP contribution in [0.1, 0.15) is 4.88 Å². The number of fused-ring (bicyclic) bond motifs is 1. The van der Waals surface area contributed by atoms with Crippen molar-refractivity contribution in [3.05, 3.63) is 35.2 Å². The van der Waals surface area contributed by atoms with Crippen LogP contribution in [0.4, 0.5) is 0 Å². The number of carbonyl (C=O) groups excluding carboxylic acids is 1. The molecule has 0 unspecified atom stereocenters. The highest BCUT2D eigenvalue weighted by Gasteiger charge is 2.11. The molecule has 1 aromatic carbocycles. The second kappa shape index (κ2) is 5.01. The van der Waals surface area contributed by atoms with Crippen molar-refractivity contribution in [3.8, 4) is 5.75 Å². The SMILES string of the molecule is COc1c(/C=C\C(=O)C(=O)O)sc2ccccc12. The maximum Gasteiger partial charge on any atom is 0.376 e. The standard InChI is InChI=1S/C13H10O4S/c1-17-12-8-4-2-3-5-10(8)18-11(12)7-6-9(14)13(15)16/h2-7H,1H3,(H,15,16)/b7-6-. The average Bonchev–Trinajstić information content (AvgIpc) is 2.73. The van der Waals surface area contributed by atoms with Crippen LogP contribution in [0.25, 0.3) is 16.2 Å². The summed E-state index contributed by atoms with van der Waals surface area (Å²) in [6.07, 6.45) is 2.51. The van der Waals surface area contributed by atoms with Gasteiger partial charge in [0.25, 0.3) is 5.78 Å². The van der Waals surface area contributed by atoms with Gasteiger partial charge in [-0.25, -0.2) is 4.79 Å². The van der Waals surface area contributed by atoms with Crippen molar-refractivity contribution in [2.75, 3.05) is 7.11 Å². The molecule has 4 nitrogen and oxygen atoms in total. The van der Waals surface area contributed by atoms with Crippen molar-refractivity contribution in [1.82, 2.24) is 0 Å². The number of rotatable bonds is 4. The van der Waals surface area contributed by atoms with E-state index in [4.69, 9.17) is 9.84 Å². The van der Waals surface area contributed by atoms with Crippen molar-refractivity contribution in [1.29, 1.82) is 0 Å². The summed E-state index contributed by atoms with van der Waals surface area (Å²) in [5.74, 6) is -1.76. The first-order chi connectivity index (χ1) is 8.63. The molecule has 0 bridgehead atoms. The highest BCUT2D eigenvalue weighted by molar-refractivity contribution is 7.20. The molecular formula is C13H10O4S. The van der Waals surface area contributed by atoms with Crippen LogP contribution in [0.2, 0.25) is 0 Å². The molecule has 1 aromatic heterocycles. The molecule has 92 valence electrons. The molecule has 0 amide bonds. The molecule has 0 saturated carbocycles. The molecule has 2 aromatic rings. The number of ketones is 1. The van der Waals surface area contributed by atoms with Crippen molar-refractivity contribution in [2.24, 2.45) is 0 Å². The van der Waals surface area contributed by atoms with E-state index in [1.807, 2.05) is 24.3 Å². The van der Waals surface area contributed by atoms with Crippen LogP contribution < -0.4 is 4.74 Å². The molecule has 0 saturated heterocycles. The topological polar surface area (TPSA) is 63.6 Å². The zero-order valence-electron chi connectivity index (χ0n) is 9.54. The second-order valence-electron chi connectivity index (χ2n) is 3.50. The molecule has 2 rings (SSSR count). The minimum absolute atomic E-state index is 0.657. The van der Waals surface area contributed by atoms with E-state index in [9.17, 15) is 9.59 Å². The Morgan fingerprint density at radius 1 is 1.33 bits per heavy atom. The molecule has 1 N–H and O–H groups in total. The molecular weight excluding hydrogens is 252 g/mol. The van der Waals surface area contributed by atoms with Crippen LogP contribution >= 0.6 is 11.3 Å². The lowest BCUT2D eigenvalue weighted by Gasteiger charge is -1.98. The maximum absolute atomic E-state index is 11.0. The van der Waals surface area contributed by atoms with Gasteiger partial charge >= 0.3 is 5.97 Å². The molecule has 0 aliphatic heterocycles. The lowest BCUT2D eigenvalue weighted by atomic mass is 10.2. The number of hydrogen-bond donors (Lipinski definition) is 1. The molecule has 0 atom stereocenters. The monoisotopic (exact) mass is 262 g/mol. The van der Waals surface area contributed by atoms with Gasteiger partial charge in [0.05, 0.1) is 12.0 Å². The van der Waals surface area contributed by atoms with E-state index >= 15 is 0 Å². The Hall–Kier alpha value is -2.14. The van der Waals surface area contributed by atoms with Crippen LogP contribution in [0.5, 0.6) is 5.75 Å². The third kappa shape index (κ3) is 2.26. The normalized spacial score (nSPS) is 10.9. The number of carbonyl (C=O) groups is 2. The summed E-state index contributed by atoms with van der Waals surface area (Å²) in [4.78, 5) is 22.2. The first kappa shape index (κ1) is 12.3. The molecule has 0 fully saturated rings. The van der Waals surface area contributed by atoms with Crippen LogP contribution in [0.15, 0.2) is 30.3 Å². The largest absolute Gasteiger partial charge is 0.495 e. The number of carboxylic acids is 1. The Bertz CT molecular complexity index is 639. The molecule has 0 aliphatic rings. The summed E-state index contributed by atoms with van der Waals surface area (Å²) >= 11 is 1.45. The quantitative estimate of drug-likeness (QED) is 0.679. The van der Waals surface area contributed by atoms with E-state index < -0.39 is 11.8 Å². The highest BCUT2D eigenvalue weighted by atomic mass is 32.1. The molecule has 0 spiro atoms. The van der Waals surface area contributed by atoms with Crippen LogP contribution in [0.3, 0.4) is 0 Å². The van der Waals surface area contributed by atoms with Gasteiger partial charge in [-0.3, -0.25) is 4.79 Å². The van der Waals surface area contributed by atoms with Gasteiger partial charge in [0.15, 0.2) is 0 Å². The Morgan fingerprint density at radius 3 is 2.72 bits per heavy atom. The summed E-state index contributed by atoms with van der Waals surface area (Å²) in [6.45, 7) is 0. The van der Waals surface area contributed by atoms with Crippen molar-refractivity contribution >= 4 is 39.3 Å². The Morgan fingerprint density at radius 2 is 2.06 bits per heavy atom. The summed E-state index contributed by atoms with van der Waals surface area (Å²) in [6, 6.07) is 7.67. The van der Waals surface area contributed by atoms with Crippen LogP contribution in [0, 0.1) is 0 Å². The summed E-state index contributed by atoms with van der Waals surface area (Å²) < 4.78 is 6.32. The lowest BCUT2D eigenvalue weighted by Crippen LogP contribution is -2.08. The zero-order valence-corrected chi connectivity index (χ0v) is 10.4. The Balaban J connectivity index is 2.45. The smallest absolute Gasteiger partial charge is 0.376 e. The summed E-state index contributed by atoms with van der Waals surface area (Å²) in [7, 11) is 1.55. The summed E-state index contributed by atoms with van der Waals surface area (Å²) in [5.41, 5.74) is 0. The Kier molecular flexibility index (Phi) is 3.43. The molecule has 18 heavy (non-hydrogen) atoms. The van der Waals surface area contributed by atoms with E-state index in [1.54, 1.807) is 7.11 Å². The van der Waals surface area contributed by atoms with Gasteiger partial charge in [-0.05, 0) is 24.3 Å². The van der Waals surface area contributed by atoms with E-state index in [-0.39, 0.29) is 0 Å². The van der Waals surface area contributed by atoms with E-state index in [0.717, 1.165) is 21.0 Å². The van der Waals surface area contributed by atoms with Crippen LogP contribution in [-0.2, 0) is 9.59 Å². The number of carboxylic acid groups (broad SMARTS) is 1. The van der Waals surface area contributed by atoms with Crippen LogP contribution in [-0.4, -0.2) is 24.0 Å². The summed E-state index contributed by atoms with van der Waals surface area (Å²) in [5, 5.41) is 9.45. The van der Waals surface area contributed by atoms with E-state index in [1.165, 1.54) is 17.4 Å². The molecule has 5 heteroatoms. The predicted octanol–water partition coefficient (Wildman–Crippen LogP) is 2.58. The van der Waals surface area contributed by atoms with E-state index in [2.05, 4.69) is 0 Å². The van der Waals surface area contributed by atoms with E-state index in [0.29, 0.717) is 5.75 Å². The van der Waals surface area contributed by atoms with Crippen molar-refractivity contribution < 1.29 is 19.4 Å². The van der Waals surface area contributed by atoms with Gasteiger partial charge in [0.1, 0.15) is 5.75 Å². The van der Waals surface area contributed by atoms with Gasteiger partial charge in [0.2, 0.25) is 0 Å². The fourth-order valence-corrected chi connectivity index (χ4v) is 2.66. The number of ether oxygens (including phenoxy) is 1. The van der Waals surface area contributed by atoms with Gasteiger partial charge in [0, 0.05) is 10.1 Å². The molecule has 1 heterocycles. The third-order valence-electron chi connectivity index (χ3n) is 2.38. The number of aliphatic carboxylic acids is 1. The van der Waals surface area contributed by atoms with Gasteiger partial charge in [-0.1, -0.05) is 12.1 Å². The first-order valence-electron chi connectivity index (χ1n) is 5.14. The first-order valence-corrected chi connectivity index (χ1v) is 5.96. The van der Waals surface area contributed by atoms with Crippen molar-refractivity contribution in [3.63, 3.8) is 0 Å². The number of benzene rings is 1. The molecule has 0 aliphatic carbocycles. The van der Waals surface area contributed by atoms with Gasteiger partial charge in [-0.2, -0.15) is 0 Å². The lowest BCUT2D eigenvalue weighted by molar-refractivity contribution is -0.146. The minimum Gasteiger partial charge on any atom is -0.495 e. The number of thiophene rings is 1. The Labute approximate surface area is 107 Å². The fourth-order valence-electron chi connectivity index (χ4n) is 1.58. The third-order valence-corrected chi connectivity index (χ3v) is 3.49. The predicted molar refractivity (Wildman–Crippen MR) is 70.1 cm³/mol. The number of hydrogen-bond acceptors (Lipinski definition) is 4. The second-order valence-corrected chi connectivity index (χ2v) is 4.58. The average molecular weight is 262 g/mol. The zero-order chi connectivity index (χ0) is 13.1. The molecule has 0 radical (unpaired) electrons. The fraction of sp³-hybridized carbons (Fsp3) is 0.0769. The number of methoxy groups -OCH3 is 1. The minimum atomic E-state index is -1.47. The van der Waals surface area contributed by atoms with Crippen molar-refractivity contribution in [2.45, 2.75) is 0 Å².